The van der Waals surface area contributed by atoms with Gasteiger partial charge < -0.3 is 21.3 Å². The van der Waals surface area contributed by atoms with Crippen LogP contribution in [0.1, 0.15) is 19.3 Å². The van der Waals surface area contributed by atoms with Crippen LogP contribution in [-0.2, 0) is 0 Å². The van der Waals surface area contributed by atoms with Crippen LogP contribution < -0.4 is 16.4 Å². The van der Waals surface area contributed by atoms with E-state index < -0.39 is 0 Å². The number of hydrogen-bond donors (Lipinski definition) is 2. The fraction of sp³-hybridized carbons (Fsp3) is 0.571. The third-order valence-electron chi connectivity index (χ3n) is 4.22. The van der Waals surface area contributed by atoms with E-state index in [9.17, 15) is 0 Å². The number of fused-ring (bicyclic) bond motifs is 1. The highest BCUT2D eigenvalue weighted by atomic mass is 32.2. The summed E-state index contributed by atoms with van der Waals surface area (Å²) in [6, 6.07) is 6.81. The van der Waals surface area contributed by atoms with Crippen molar-refractivity contribution >= 4 is 23.1 Å². The van der Waals surface area contributed by atoms with Crippen LogP contribution in [0.25, 0.3) is 0 Å². The molecule has 2 atom stereocenters. The first-order chi connectivity index (χ1) is 9.15. The minimum absolute atomic E-state index is 0.0310. The molecule has 4 N–H and O–H groups in total. The van der Waals surface area contributed by atoms with Crippen molar-refractivity contribution in [1.29, 1.82) is 0 Å². The zero-order valence-corrected chi connectivity index (χ0v) is 12.2. The van der Waals surface area contributed by atoms with Crippen LogP contribution in [0.15, 0.2) is 23.1 Å². The topological polar surface area (TPSA) is 58.5 Å². The highest BCUT2D eigenvalue weighted by Gasteiger charge is 2.29. The van der Waals surface area contributed by atoms with E-state index >= 15 is 0 Å². The van der Waals surface area contributed by atoms with Crippen LogP contribution in [0, 0.1) is 0 Å². The fourth-order valence-corrected chi connectivity index (χ4v) is 4.19. The van der Waals surface area contributed by atoms with Gasteiger partial charge in [-0.05, 0) is 51.1 Å². The predicted molar refractivity (Wildman–Crippen MR) is 82.3 cm³/mol. The molecule has 0 aliphatic carbocycles. The van der Waals surface area contributed by atoms with E-state index in [-0.39, 0.29) is 5.50 Å². The van der Waals surface area contributed by atoms with E-state index in [4.69, 9.17) is 11.5 Å². The van der Waals surface area contributed by atoms with Gasteiger partial charge in [-0.3, -0.25) is 0 Å². The Balaban J connectivity index is 1.68. The largest absolute Gasteiger partial charge is 0.399 e. The molecule has 1 fully saturated rings. The summed E-state index contributed by atoms with van der Waals surface area (Å²) in [5.74, 6) is 0. The smallest absolute Gasteiger partial charge is 0.130 e. The van der Waals surface area contributed by atoms with Gasteiger partial charge >= 0.3 is 0 Å². The van der Waals surface area contributed by atoms with Crippen molar-refractivity contribution in [3.63, 3.8) is 0 Å². The van der Waals surface area contributed by atoms with Crippen LogP contribution in [0.4, 0.5) is 11.4 Å². The number of likely N-dealkylation sites (tertiary alicyclic amines) is 1. The molecule has 0 spiro atoms. The Labute approximate surface area is 119 Å². The SMILES string of the molecule is CN1CCCC1CCN1c2ccc(N)cc2SC1N. The minimum atomic E-state index is 0.0310. The van der Waals surface area contributed by atoms with Gasteiger partial charge in [0.2, 0.25) is 0 Å². The van der Waals surface area contributed by atoms with Gasteiger partial charge in [0.15, 0.2) is 0 Å². The number of hydrogen-bond acceptors (Lipinski definition) is 5. The second-order valence-electron chi connectivity index (χ2n) is 5.49. The monoisotopic (exact) mass is 278 g/mol. The number of benzene rings is 1. The molecule has 4 nitrogen and oxygen atoms in total. The lowest BCUT2D eigenvalue weighted by Crippen LogP contribution is -2.39. The quantitative estimate of drug-likeness (QED) is 0.827. The van der Waals surface area contributed by atoms with Gasteiger partial charge in [-0.2, -0.15) is 0 Å². The van der Waals surface area contributed by atoms with Crippen molar-refractivity contribution in [2.24, 2.45) is 5.73 Å². The second kappa shape index (κ2) is 5.23. The van der Waals surface area contributed by atoms with Crippen LogP contribution in [-0.4, -0.2) is 36.6 Å². The molecule has 104 valence electrons. The number of nitrogens with zero attached hydrogens (tertiary/aromatic N) is 2. The molecule has 2 heterocycles. The normalized spacial score (nSPS) is 26.9. The van der Waals surface area contributed by atoms with Crippen molar-refractivity contribution < 1.29 is 0 Å². The Morgan fingerprint density at radius 1 is 1.42 bits per heavy atom. The van der Waals surface area contributed by atoms with Crippen LogP contribution in [0.2, 0.25) is 0 Å². The summed E-state index contributed by atoms with van der Waals surface area (Å²) in [5, 5.41) is 0. The summed E-state index contributed by atoms with van der Waals surface area (Å²) in [5.41, 5.74) is 14.2. The lowest BCUT2D eigenvalue weighted by Gasteiger charge is -2.27. The van der Waals surface area contributed by atoms with E-state index in [0.29, 0.717) is 0 Å². The minimum Gasteiger partial charge on any atom is -0.399 e. The van der Waals surface area contributed by atoms with Gasteiger partial charge in [-0.25, -0.2) is 0 Å². The van der Waals surface area contributed by atoms with Crippen molar-refractivity contribution in [2.45, 2.75) is 35.7 Å². The summed E-state index contributed by atoms with van der Waals surface area (Å²) < 4.78 is 0. The van der Waals surface area contributed by atoms with E-state index in [2.05, 4.69) is 22.9 Å². The summed E-state index contributed by atoms with van der Waals surface area (Å²) in [7, 11) is 2.23. The molecule has 3 rings (SSSR count). The molecule has 0 aromatic heterocycles. The molecule has 5 heteroatoms. The first kappa shape index (κ1) is 13.1. The number of thioether (sulfide) groups is 1. The number of nitrogen functional groups attached to an aromatic ring is 1. The summed E-state index contributed by atoms with van der Waals surface area (Å²) in [6.45, 7) is 2.26. The highest BCUT2D eigenvalue weighted by Crippen LogP contribution is 2.42. The third kappa shape index (κ3) is 2.55. The van der Waals surface area contributed by atoms with Gasteiger partial charge in [0.25, 0.3) is 0 Å². The highest BCUT2D eigenvalue weighted by molar-refractivity contribution is 8.00. The Kier molecular flexibility index (Phi) is 3.60. The maximum atomic E-state index is 6.23. The number of anilines is 2. The molecular weight excluding hydrogens is 256 g/mol. The molecule has 19 heavy (non-hydrogen) atoms. The lowest BCUT2D eigenvalue weighted by atomic mass is 10.1. The van der Waals surface area contributed by atoms with Crippen LogP contribution >= 0.6 is 11.8 Å². The molecule has 0 bridgehead atoms. The Hall–Kier alpha value is -0.910. The average Bonchev–Trinajstić information content (AvgIpc) is 2.90. The third-order valence-corrected chi connectivity index (χ3v) is 5.30. The zero-order chi connectivity index (χ0) is 13.4. The van der Waals surface area contributed by atoms with Crippen LogP contribution in [0.5, 0.6) is 0 Å². The molecule has 2 unspecified atom stereocenters. The maximum absolute atomic E-state index is 6.23. The van der Waals surface area contributed by atoms with Gasteiger partial charge in [-0.15, -0.1) is 0 Å². The summed E-state index contributed by atoms with van der Waals surface area (Å²) >= 11 is 1.71. The molecule has 1 saturated heterocycles. The van der Waals surface area contributed by atoms with Gasteiger partial charge in [-0.1, -0.05) is 11.8 Å². The predicted octanol–water partition coefficient (Wildman–Crippen LogP) is 1.91. The van der Waals surface area contributed by atoms with E-state index in [1.54, 1.807) is 11.8 Å². The van der Waals surface area contributed by atoms with E-state index in [0.717, 1.165) is 18.3 Å². The summed E-state index contributed by atoms with van der Waals surface area (Å²) in [6.07, 6.45) is 3.84. The summed E-state index contributed by atoms with van der Waals surface area (Å²) in [4.78, 5) is 6.00. The molecule has 2 aliphatic heterocycles. The van der Waals surface area contributed by atoms with Gasteiger partial charge in [0.05, 0.1) is 5.69 Å². The molecule has 1 aromatic carbocycles. The Morgan fingerprint density at radius 3 is 3.00 bits per heavy atom. The molecule has 0 saturated carbocycles. The van der Waals surface area contributed by atoms with Crippen molar-refractivity contribution in [3.8, 4) is 0 Å². The van der Waals surface area contributed by atoms with Crippen molar-refractivity contribution in [1.82, 2.24) is 4.90 Å². The second-order valence-corrected chi connectivity index (χ2v) is 6.65. The molecule has 1 aromatic rings. The fourth-order valence-electron chi connectivity index (χ4n) is 3.07. The molecular formula is C14H22N4S. The maximum Gasteiger partial charge on any atom is 0.130 e. The van der Waals surface area contributed by atoms with Crippen molar-refractivity contribution in [2.75, 3.05) is 30.8 Å². The average molecular weight is 278 g/mol. The Morgan fingerprint density at radius 2 is 2.26 bits per heavy atom. The van der Waals surface area contributed by atoms with Crippen LogP contribution in [0.3, 0.4) is 0 Å². The number of nitrogens with two attached hydrogens (primary N) is 2. The first-order valence-electron chi connectivity index (χ1n) is 6.94. The van der Waals surface area contributed by atoms with Crippen molar-refractivity contribution in [3.05, 3.63) is 18.2 Å². The molecule has 0 amide bonds. The first-order valence-corrected chi connectivity index (χ1v) is 7.82. The number of rotatable bonds is 3. The molecule has 0 radical (unpaired) electrons. The lowest BCUT2D eigenvalue weighted by molar-refractivity contribution is 0.297. The standard InChI is InChI=1S/C14H22N4S/c1-17-7-2-3-11(17)6-8-18-12-5-4-10(15)9-13(12)19-14(18)16/h4-5,9,11,14H,2-3,6-8,15-16H2,1H3. The van der Waals surface area contributed by atoms with E-state index in [1.807, 2.05) is 12.1 Å². The Bertz CT molecular complexity index is 465. The van der Waals surface area contributed by atoms with Gasteiger partial charge in [0, 0.05) is 23.2 Å². The zero-order valence-electron chi connectivity index (χ0n) is 11.4. The van der Waals surface area contributed by atoms with Gasteiger partial charge in [0.1, 0.15) is 5.50 Å². The van der Waals surface area contributed by atoms with E-state index in [1.165, 1.54) is 36.4 Å². The molecule has 2 aliphatic rings.